The van der Waals surface area contributed by atoms with Gasteiger partial charge in [0.1, 0.15) is 5.52 Å². The summed E-state index contributed by atoms with van der Waals surface area (Å²) < 4.78 is 6.10. The van der Waals surface area contributed by atoms with E-state index in [1.807, 2.05) is 0 Å². The van der Waals surface area contributed by atoms with Gasteiger partial charge in [0.05, 0.1) is 22.4 Å². The molecule has 0 amide bonds. The van der Waals surface area contributed by atoms with Gasteiger partial charge >= 0.3 is 5.97 Å². The monoisotopic (exact) mass is 305 g/mol. The third-order valence-corrected chi connectivity index (χ3v) is 3.72. The fraction of sp³-hybridized carbons (Fsp3) is 0.111. The molecular formula is C9H5BrClNO2S. The van der Waals surface area contributed by atoms with Crippen LogP contribution in [0.2, 0.25) is 5.02 Å². The number of nitrogens with zero attached hydrogens (tertiary/aromatic N) is 1. The summed E-state index contributed by atoms with van der Waals surface area (Å²) in [5.74, 6) is -0.382. The van der Waals surface area contributed by atoms with Gasteiger partial charge in [-0.25, -0.2) is 9.78 Å². The molecule has 0 N–H and O–H groups in total. The molecule has 0 radical (unpaired) electrons. The van der Waals surface area contributed by atoms with Crippen molar-refractivity contribution in [1.82, 2.24) is 4.98 Å². The number of carbonyl (C=O) groups excluding carboxylic acids is 1. The Bertz CT molecular complexity index is 540. The van der Waals surface area contributed by atoms with Gasteiger partial charge in [-0.15, -0.1) is 11.3 Å². The topological polar surface area (TPSA) is 39.2 Å². The van der Waals surface area contributed by atoms with E-state index < -0.39 is 0 Å². The van der Waals surface area contributed by atoms with Crippen molar-refractivity contribution in [3.05, 3.63) is 26.6 Å². The number of hydrogen-bond acceptors (Lipinski definition) is 4. The van der Waals surface area contributed by atoms with Gasteiger partial charge in [-0.05, 0) is 28.1 Å². The van der Waals surface area contributed by atoms with E-state index in [9.17, 15) is 4.79 Å². The molecule has 0 fully saturated rings. The lowest BCUT2D eigenvalue weighted by atomic mass is 10.2. The summed E-state index contributed by atoms with van der Waals surface area (Å²) in [6.07, 6.45) is 0. The number of aromatic nitrogens is 1. The van der Waals surface area contributed by atoms with E-state index in [1.165, 1.54) is 18.4 Å². The number of ether oxygens (including phenoxy) is 1. The molecule has 1 aromatic heterocycles. The summed E-state index contributed by atoms with van der Waals surface area (Å²) in [5.41, 5.74) is 1.11. The Morgan fingerprint density at radius 1 is 1.60 bits per heavy atom. The zero-order valence-electron chi connectivity index (χ0n) is 7.58. The molecule has 0 aliphatic rings. The summed E-state index contributed by atoms with van der Waals surface area (Å²) in [6, 6.07) is 3.28. The lowest BCUT2D eigenvalue weighted by molar-refractivity contribution is 0.0603. The quantitative estimate of drug-likeness (QED) is 0.757. The van der Waals surface area contributed by atoms with Crippen molar-refractivity contribution in [2.45, 2.75) is 0 Å². The van der Waals surface area contributed by atoms with Crippen molar-refractivity contribution in [3.8, 4) is 0 Å². The van der Waals surface area contributed by atoms with Crippen molar-refractivity contribution < 1.29 is 9.53 Å². The highest BCUT2D eigenvalue weighted by atomic mass is 79.9. The van der Waals surface area contributed by atoms with Crippen LogP contribution in [0.5, 0.6) is 0 Å². The summed E-state index contributed by atoms with van der Waals surface area (Å²) in [4.78, 5) is 15.6. The Morgan fingerprint density at radius 2 is 2.33 bits per heavy atom. The average molecular weight is 307 g/mol. The van der Waals surface area contributed by atoms with Gasteiger partial charge in [0.25, 0.3) is 0 Å². The van der Waals surface area contributed by atoms with Gasteiger partial charge < -0.3 is 4.74 Å². The maximum absolute atomic E-state index is 11.4. The molecule has 15 heavy (non-hydrogen) atoms. The van der Waals surface area contributed by atoms with E-state index >= 15 is 0 Å². The third-order valence-electron chi connectivity index (χ3n) is 1.87. The van der Waals surface area contributed by atoms with Crippen molar-refractivity contribution >= 4 is 55.1 Å². The summed E-state index contributed by atoms with van der Waals surface area (Å²) >= 11 is 10.6. The smallest absolute Gasteiger partial charge is 0.339 e. The lowest BCUT2D eigenvalue weighted by Crippen LogP contribution is -2.00. The Hall–Kier alpha value is -0.650. The summed E-state index contributed by atoms with van der Waals surface area (Å²) in [5, 5.41) is 0.527. The molecule has 78 valence electrons. The fourth-order valence-corrected chi connectivity index (χ4v) is 2.96. The van der Waals surface area contributed by atoms with E-state index in [1.54, 1.807) is 12.1 Å². The van der Waals surface area contributed by atoms with Crippen LogP contribution in [0.15, 0.2) is 16.0 Å². The number of benzene rings is 1. The van der Waals surface area contributed by atoms with Crippen LogP contribution in [-0.4, -0.2) is 18.1 Å². The van der Waals surface area contributed by atoms with Gasteiger partial charge in [-0.3, -0.25) is 0 Å². The minimum Gasteiger partial charge on any atom is -0.465 e. The number of hydrogen-bond donors (Lipinski definition) is 0. The number of halogens is 2. The van der Waals surface area contributed by atoms with Crippen LogP contribution >= 0.6 is 38.9 Å². The van der Waals surface area contributed by atoms with Crippen LogP contribution in [0.3, 0.4) is 0 Å². The lowest BCUT2D eigenvalue weighted by Gasteiger charge is -2.00. The second kappa shape index (κ2) is 4.08. The molecule has 0 unspecified atom stereocenters. The van der Waals surface area contributed by atoms with E-state index in [0.717, 1.165) is 4.70 Å². The molecule has 0 atom stereocenters. The first-order chi connectivity index (χ1) is 7.13. The highest BCUT2D eigenvalue weighted by Gasteiger charge is 2.15. The van der Waals surface area contributed by atoms with E-state index in [-0.39, 0.29) is 5.97 Å². The highest BCUT2D eigenvalue weighted by Crippen LogP contribution is 2.33. The number of methoxy groups -OCH3 is 1. The van der Waals surface area contributed by atoms with Crippen molar-refractivity contribution in [2.75, 3.05) is 7.11 Å². The molecule has 0 aliphatic carbocycles. The van der Waals surface area contributed by atoms with Gasteiger partial charge in [-0.1, -0.05) is 11.6 Å². The molecule has 0 bridgehead atoms. The number of thiazole rings is 1. The normalized spacial score (nSPS) is 10.6. The zero-order chi connectivity index (χ0) is 11.0. The molecule has 0 spiro atoms. The third kappa shape index (κ3) is 1.87. The number of carbonyl (C=O) groups is 1. The SMILES string of the molecule is COC(=O)c1ccc(Cl)c2nc(Br)sc12. The second-order valence-corrected chi connectivity index (χ2v) is 5.41. The largest absolute Gasteiger partial charge is 0.465 e. The Balaban J connectivity index is 2.76. The highest BCUT2D eigenvalue weighted by molar-refractivity contribution is 9.11. The second-order valence-electron chi connectivity index (χ2n) is 2.73. The van der Waals surface area contributed by atoms with Crippen molar-refractivity contribution in [3.63, 3.8) is 0 Å². The summed E-state index contributed by atoms with van der Waals surface area (Å²) in [6.45, 7) is 0. The molecule has 1 heterocycles. The van der Waals surface area contributed by atoms with Crippen molar-refractivity contribution in [1.29, 1.82) is 0 Å². The van der Waals surface area contributed by atoms with Crippen LogP contribution in [0.1, 0.15) is 10.4 Å². The van der Waals surface area contributed by atoms with Crippen LogP contribution in [0.25, 0.3) is 10.2 Å². The molecular weight excluding hydrogens is 302 g/mol. The first-order valence-corrected chi connectivity index (χ1v) is 5.95. The molecule has 0 aliphatic heterocycles. The Morgan fingerprint density at radius 3 is 3.00 bits per heavy atom. The predicted molar refractivity (Wildman–Crippen MR) is 63.7 cm³/mol. The molecule has 0 saturated carbocycles. The average Bonchev–Trinajstić information content (AvgIpc) is 2.60. The Labute approximate surface area is 103 Å². The summed E-state index contributed by atoms with van der Waals surface area (Å²) in [7, 11) is 1.35. The van der Waals surface area contributed by atoms with E-state index in [0.29, 0.717) is 20.0 Å². The van der Waals surface area contributed by atoms with E-state index in [4.69, 9.17) is 11.6 Å². The van der Waals surface area contributed by atoms with Gasteiger partial charge in [-0.2, -0.15) is 0 Å². The molecule has 6 heteroatoms. The first-order valence-electron chi connectivity index (χ1n) is 3.96. The molecule has 0 saturated heterocycles. The van der Waals surface area contributed by atoms with Gasteiger partial charge in [0.2, 0.25) is 0 Å². The maximum atomic E-state index is 11.4. The Kier molecular flexibility index (Phi) is 2.95. The number of fused-ring (bicyclic) bond motifs is 1. The minimum atomic E-state index is -0.382. The number of rotatable bonds is 1. The molecule has 3 nitrogen and oxygen atoms in total. The molecule has 2 aromatic rings. The fourth-order valence-electron chi connectivity index (χ4n) is 1.22. The molecule has 1 aromatic carbocycles. The maximum Gasteiger partial charge on any atom is 0.339 e. The van der Waals surface area contributed by atoms with E-state index in [2.05, 4.69) is 25.7 Å². The minimum absolute atomic E-state index is 0.382. The van der Waals surface area contributed by atoms with Crippen molar-refractivity contribution in [2.24, 2.45) is 0 Å². The standard InChI is InChI=1S/C9H5BrClNO2S/c1-14-8(13)4-2-3-5(11)6-7(4)15-9(10)12-6/h2-3H,1H3. The van der Waals surface area contributed by atoms with Crippen LogP contribution in [-0.2, 0) is 4.74 Å². The van der Waals surface area contributed by atoms with Crippen LogP contribution < -0.4 is 0 Å². The van der Waals surface area contributed by atoms with Crippen LogP contribution in [0, 0.1) is 0 Å². The number of esters is 1. The zero-order valence-corrected chi connectivity index (χ0v) is 10.7. The van der Waals surface area contributed by atoms with Gasteiger partial charge in [0, 0.05) is 0 Å². The van der Waals surface area contributed by atoms with Crippen LogP contribution in [0.4, 0.5) is 0 Å². The predicted octanol–water partition coefficient (Wildman–Crippen LogP) is 3.50. The first kappa shape index (κ1) is 10.9. The van der Waals surface area contributed by atoms with Gasteiger partial charge in [0.15, 0.2) is 3.92 Å². The molecule has 2 rings (SSSR count).